The summed E-state index contributed by atoms with van der Waals surface area (Å²) in [6.45, 7) is 0. The number of hydrogen-bond donors (Lipinski definition) is 0. The molecule has 0 heterocycles. The summed E-state index contributed by atoms with van der Waals surface area (Å²) < 4.78 is 7.63. The topological polar surface area (TPSA) is 17.1 Å². The summed E-state index contributed by atoms with van der Waals surface area (Å²) in [7, 11) is 0. The molecule has 0 bridgehead atoms. The first-order valence-electron chi connectivity index (χ1n) is 4.94. The second-order valence-electron chi connectivity index (χ2n) is 2.97. The van der Waals surface area contributed by atoms with E-state index in [9.17, 15) is 4.79 Å². The Bertz CT molecular complexity index is 477. The second kappa shape index (κ2) is 3.88. The summed E-state index contributed by atoms with van der Waals surface area (Å²) in [4.78, 5) is 11.9. The fourth-order valence-electron chi connectivity index (χ4n) is 1.28. The Morgan fingerprint density at radius 1 is 0.857 bits per heavy atom. The molecule has 0 N–H and O–H groups in total. The van der Waals surface area contributed by atoms with Crippen LogP contribution in [0.15, 0.2) is 60.6 Å². The second-order valence-corrected chi connectivity index (χ2v) is 2.97. The molecule has 0 aromatic heterocycles. The number of benzene rings is 2. The summed E-state index contributed by atoms with van der Waals surface area (Å²) in [5, 5.41) is 0. The molecule has 0 unspecified atom stereocenters. The van der Waals surface area contributed by atoms with Crippen LogP contribution in [0.25, 0.3) is 0 Å². The van der Waals surface area contributed by atoms with Crippen LogP contribution in [0.1, 0.15) is 17.3 Å². The fourth-order valence-corrected chi connectivity index (χ4v) is 1.28. The van der Waals surface area contributed by atoms with Crippen LogP contribution in [0, 0.1) is 0 Å². The Labute approximate surface area is 84.4 Å². The molecule has 0 aliphatic rings. The Hall–Kier alpha value is -1.89. The van der Waals surface area contributed by atoms with Gasteiger partial charge in [-0.25, -0.2) is 0 Å². The Kier molecular flexibility index (Phi) is 2.08. The van der Waals surface area contributed by atoms with E-state index in [0.717, 1.165) is 0 Å². The average molecular weight is 183 g/mol. The van der Waals surface area contributed by atoms with Gasteiger partial charge in [0, 0.05) is 11.1 Å². The lowest BCUT2D eigenvalue weighted by molar-refractivity contribution is 0.103. The third-order valence-electron chi connectivity index (χ3n) is 1.99. The standard InChI is InChI=1S/C13H10O/c14-13(11-7-3-1-4-8-11)12-9-5-2-6-10-12/h1-10H/i7D. The summed E-state index contributed by atoms with van der Waals surface area (Å²) in [5.41, 5.74) is 1.07. The van der Waals surface area contributed by atoms with Crippen LogP contribution in [0.3, 0.4) is 0 Å². The molecule has 2 aromatic carbocycles. The van der Waals surface area contributed by atoms with Gasteiger partial charge >= 0.3 is 0 Å². The minimum atomic E-state index is -0.0961. The molecule has 0 aliphatic heterocycles. The maximum atomic E-state index is 11.9. The zero-order valence-electron chi connectivity index (χ0n) is 8.60. The molecule has 0 aliphatic carbocycles. The molecular weight excluding hydrogens is 172 g/mol. The van der Waals surface area contributed by atoms with Crippen molar-refractivity contribution in [3.63, 3.8) is 0 Å². The van der Waals surface area contributed by atoms with Crippen molar-refractivity contribution in [1.29, 1.82) is 0 Å². The van der Waals surface area contributed by atoms with E-state index < -0.39 is 0 Å². The molecule has 0 spiro atoms. The maximum absolute atomic E-state index is 11.9. The number of carbonyl (C=O) groups excluding carboxylic acids is 1. The van der Waals surface area contributed by atoms with Gasteiger partial charge in [-0.15, -0.1) is 0 Å². The Balaban J connectivity index is 2.42. The van der Waals surface area contributed by atoms with Gasteiger partial charge in [-0.1, -0.05) is 60.6 Å². The van der Waals surface area contributed by atoms with Crippen LogP contribution < -0.4 is 0 Å². The molecule has 1 heteroatoms. The highest BCUT2D eigenvalue weighted by Crippen LogP contribution is 2.08. The van der Waals surface area contributed by atoms with Crippen LogP contribution in [-0.4, -0.2) is 5.78 Å². The van der Waals surface area contributed by atoms with Gasteiger partial charge in [0.1, 0.15) is 0 Å². The summed E-state index contributed by atoms with van der Waals surface area (Å²) in [5.74, 6) is -0.0961. The zero-order chi connectivity index (χ0) is 10.7. The first-order valence-corrected chi connectivity index (χ1v) is 4.44. The molecule has 0 radical (unpaired) electrons. The highest BCUT2D eigenvalue weighted by Gasteiger charge is 2.06. The van der Waals surface area contributed by atoms with E-state index in [4.69, 9.17) is 1.37 Å². The summed E-state index contributed by atoms with van der Waals surface area (Å²) in [6.07, 6.45) is 0. The monoisotopic (exact) mass is 183 g/mol. The predicted octanol–water partition coefficient (Wildman–Crippen LogP) is 2.92. The van der Waals surface area contributed by atoms with Gasteiger partial charge in [0.25, 0.3) is 0 Å². The normalized spacial score (nSPS) is 10.7. The molecule has 0 saturated heterocycles. The van der Waals surface area contributed by atoms with E-state index in [1.807, 2.05) is 18.2 Å². The molecular formula is C13H10O. The lowest BCUT2D eigenvalue weighted by atomic mass is 10.0. The van der Waals surface area contributed by atoms with Crippen LogP contribution in [0.2, 0.25) is 0 Å². The van der Waals surface area contributed by atoms with Crippen molar-refractivity contribution in [3.8, 4) is 0 Å². The minimum absolute atomic E-state index is 0.0961. The molecule has 2 rings (SSSR count). The number of carbonyl (C=O) groups is 1. The van der Waals surface area contributed by atoms with Gasteiger partial charge in [-0.2, -0.15) is 0 Å². The highest BCUT2D eigenvalue weighted by atomic mass is 16.1. The van der Waals surface area contributed by atoms with Gasteiger partial charge < -0.3 is 0 Å². The van der Waals surface area contributed by atoms with Crippen LogP contribution in [-0.2, 0) is 0 Å². The molecule has 0 saturated carbocycles. The smallest absolute Gasteiger partial charge is 0.193 e. The number of ketones is 1. The van der Waals surface area contributed by atoms with Crippen molar-refractivity contribution in [2.24, 2.45) is 0 Å². The average Bonchev–Trinajstić information content (AvgIpc) is 2.30. The van der Waals surface area contributed by atoms with E-state index >= 15 is 0 Å². The van der Waals surface area contributed by atoms with E-state index in [-0.39, 0.29) is 11.8 Å². The molecule has 0 fully saturated rings. The van der Waals surface area contributed by atoms with Gasteiger partial charge in [0.05, 0.1) is 1.37 Å². The molecule has 68 valence electrons. The third kappa shape index (κ3) is 1.72. The summed E-state index contributed by atoms with van der Waals surface area (Å²) >= 11 is 0. The lowest BCUT2D eigenvalue weighted by Crippen LogP contribution is -1.99. The van der Waals surface area contributed by atoms with Crippen LogP contribution >= 0.6 is 0 Å². The zero-order valence-corrected chi connectivity index (χ0v) is 7.60. The maximum Gasteiger partial charge on any atom is 0.193 e. The van der Waals surface area contributed by atoms with Crippen LogP contribution in [0.4, 0.5) is 0 Å². The molecule has 0 amide bonds. The van der Waals surface area contributed by atoms with Gasteiger partial charge in [0.2, 0.25) is 0 Å². The van der Waals surface area contributed by atoms with Crippen molar-refractivity contribution < 1.29 is 6.17 Å². The molecule has 0 atom stereocenters. The first-order chi connectivity index (χ1) is 7.29. The van der Waals surface area contributed by atoms with E-state index in [0.29, 0.717) is 11.1 Å². The molecule has 2 aromatic rings. The third-order valence-corrected chi connectivity index (χ3v) is 1.99. The quantitative estimate of drug-likeness (QED) is 0.654. The van der Waals surface area contributed by atoms with Crippen molar-refractivity contribution in [2.45, 2.75) is 0 Å². The van der Waals surface area contributed by atoms with Crippen molar-refractivity contribution in [1.82, 2.24) is 0 Å². The SMILES string of the molecule is [2H]c1ccccc1C(=O)c1ccccc1. The Morgan fingerprint density at radius 2 is 1.43 bits per heavy atom. The largest absolute Gasteiger partial charge is 0.289 e. The van der Waals surface area contributed by atoms with Crippen molar-refractivity contribution in [3.05, 3.63) is 71.8 Å². The van der Waals surface area contributed by atoms with Crippen molar-refractivity contribution >= 4 is 5.78 Å². The van der Waals surface area contributed by atoms with E-state index in [1.54, 1.807) is 36.4 Å². The van der Waals surface area contributed by atoms with Crippen LogP contribution in [0.5, 0.6) is 0 Å². The number of rotatable bonds is 2. The first kappa shape index (κ1) is 7.51. The minimum Gasteiger partial charge on any atom is -0.289 e. The van der Waals surface area contributed by atoms with Gasteiger partial charge in [0.15, 0.2) is 5.78 Å². The van der Waals surface area contributed by atoms with Gasteiger partial charge in [-0.3, -0.25) is 4.79 Å². The molecule has 14 heavy (non-hydrogen) atoms. The van der Waals surface area contributed by atoms with E-state index in [2.05, 4.69) is 0 Å². The number of hydrogen-bond acceptors (Lipinski definition) is 1. The summed E-state index contributed by atoms with van der Waals surface area (Å²) in [6, 6.07) is 16.1. The van der Waals surface area contributed by atoms with Gasteiger partial charge in [-0.05, 0) is 0 Å². The fraction of sp³-hybridized carbons (Fsp3) is 0. The van der Waals surface area contributed by atoms with Crippen molar-refractivity contribution in [2.75, 3.05) is 0 Å². The van der Waals surface area contributed by atoms with E-state index in [1.165, 1.54) is 0 Å². The molecule has 1 nitrogen and oxygen atoms in total. The lowest BCUT2D eigenvalue weighted by Gasteiger charge is -1.99. The predicted molar refractivity (Wildman–Crippen MR) is 56.3 cm³/mol. The Morgan fingerprint density at radius 3 is 2.07 bits per heavy atom. The highest BCUT2D eigenvalue weighted by molar-refractivity contribution is 6.08.